The topological polar surface area (TPSA) is 88.7 Å². The van der Waals surface area contributed by atoms with Crippen molar-refractivity contribution in [1.82, 2.24) is 4.98 Å². The second kappa shape index (κ2) is 6.37. The average Bonchev–Trinajstić information content (AvgIpc) is 3.17. The summed E-state index contributed by atoms with van der Waals surface area (Å²) in [5.41, 5.74) is 0.938. The molecule has 2 heterocycles. The molecule has 28 heavy (non-hydrogen) atoms. The molecule has 7 nitrogen and oxygen atoms in total. The molecular formula is C21H21N3O4. The van der Waals surface area contributed by atoms with Crippen molar-refractivity contribution in [2.75, 3.05) is 19.1 Å². The van der Waals surface area contributed by atoms with Gasteiger partial charge in [-0.1, -0.05) is 12.1 Å². The number of ether oxygens (including phenoxy) is 2. The molecular weight excluding hydrogens is 358 g/mol. The first-order chi connectivity index (χ1) is 13.4. The lowest BCUT2D eigenvalue weighted by atomic mass is 9.94. The Morgan fingerprint density at radius 1 is 1.11 bits per heavy atom. The number of anilines is 1. The van der Waals surface area contributed by atoms with Gasteiger partial charge in [-0.25, -0.2) is 4.98 Å². The smallest absolute Gasteiger partial charge is 0.213 e. The Hall–Kier alpha value is -3.35. The molecule has 1 aromatic heterocycles. The Morgan fingerprint density at radius 3 is 2.36 bits per heavy atom. The monoisotopic (exact) mass is 379 g/mol. The molecule has 0 radical (unpaired) electrons. The molecule has 0 aliphatic carbocycles. The maximum atomic E-state index is 13.3. The summed E-state index contributed by atoms with van der Waals surface area (Å²) in [5.74, 6) is 0.482. The van der Waals surface area contributed by atoms with Crippen molar-refractivity contribution in [1.29, 1.82) is 5.41 Å². The van der Waals surface area contributed by atoms with Gasteiger partial charge in [0.05, 0.1) is 19.9 Å². The van der Waals surface area contributed by atoms with E-state index in [9.17, 15) is 4.79 Å². The number of hydrogen-bond donors (Lipinski definition) is 1. The molecule has 3 aromatic rings. The highest BCUT2D eigenvalue weighted by molar-refractivity contribution is 6.25. The Balaban J connectivity index is 1.82. The summed E-state index contributed by atoms with van der Waals surface area (Å²) >= 11 is 0. The number of nitrogens with zero attached hydrogens (tertiary/aromatic N) is 2. The molecule has 4 rings (SSSR count). The van der Waals surface area contributed by atoms with Crippen molar-refractivity contribution in [3.05, 3.63) is 48.4 Å². The van der Waals surface area contributed by atoms with Crippen LogP contribution in [0.25, 0.3) is 11.1 Å². The third kappa shape index (κ3) is 2.62. The molecule has 7 heteroatoms. The number of methoxy groups -OCH3 is 2. The maximum absolute atomic E-state index is 13.3. The number of hydrogen-bond acceptors (Lipinski definition) is 6. The maximum Gasteiger partial charge on any atom is 0.213 e. The number of rotatable bonds is 4. The first-order valence-electron chi connectivity index (χ1n) is 8.88. The zero-order valence-electron chi connectivity index (χ0n) is 16.1. The van der Waals surface area contributed by atoms with Gasteiger partial charge in [-0.05, 0) is 26.0 Å². The second-order valence-electron chi connectivity index (χ2n) is 7.17. The predicted octanol–water partition coefficient (Wildman–Crippen LogP) is 3.77. The minimum Gasteiger partial charge on any atom is -0.497 e. The van der Waals surface area contributed by atoms with Crippen molar-refractivity contribution in [2.45, 2.75) is 25.3 Å². The number of benzene rings is 2. The Labute approximate surface area is 162 Å². The number of ketones is 1. The molecule has 0 amide bonds. The molecule has 1 unspecified atom stereocenters. The van der Waals surface area contributed by atoms with Crippen molar-refractivity contribution >= 4 is 28.4 Å². The molecule has 0 bridgehead atoms. The largest absolute Gasteiger partial charge is 0.497 e. The van der Waals surface area contributed by atoms with E-state index in [4.69, 9.17) is 19.3 Å². The molecule has 144 valence electrons. The standard InChI is InChI=1S/C21H21N3O4/c1-21(2)18(25)17(20-23-15-7-5-6-8-16(15)28-20)19(22)24(21)12-9-13(26-3)11-14(10-12)27-4/h5-11,17,22H,1-4H3. The first-order valence-corrected chi connectivity index (χ1v) is 8.88. The fourth-order valence-electron chi connectivity index (χ4n) is 3.64. The van der Waals surface area contributed by atoms with Crippen LogP contribution in [0.3, 0.4) is 0 Å². The van der Waals surface area contributed by atoms with Gasteiger partial charge in [0, 0.05) is 18.2 Å². The molecule has 0 spiro atoms. The van der Waals surface area contributed by atoms with Crippen LogP contribution in [0.4, 0.5) is 5.69 Å². The fourth-order valence-corrected chi connectivity index (χ4v) is 3.64. The van der Waals surface area contributed by atoms with Crippen molar-refractivity contribution < 1.29 is 18.7 Å². The molecule has 1 atom stereocenters. The number of fused-ring (bicyclic) bond motifs is 1. The van der Waals surface area contributed by atoms with Crippen LogP contribution >= 0.6 is 0 Å². The summed E-state index contributed by atoms with van der Waals surface area (Å²) in [6, 6.07) is 12.6. The zero-order valence-corrected chi connectivity index (χ0v) is 16.1. The third-order valence-corrected chi connectivity index (χ3v) is 5.09. The fraction of sp³-hybridized carbons (Fsp3) is 0.286. The van der Waals surface area contributed by atoms with Gasteiger partial charge in [0.15, 0.2) is 17.3 Å². The van der Waals surface area contributed by atoms with Crippen LogP contribution in [0, 0.1) is 5.41 Å². The van der Waals surface area contributed by atoms with E-state index < -0.39 is 11.5 Å². The molecule has 2 aromatic carbocycles. The normalized spacial score (nSPS) is 18.7. The highest BCUT2D eigenvalue weighted by Gasteiger charge is 2.53. The molecule has 1 aliphatic heterocycles. The van der Waals surface area contributed by atoms with Gasteiger partial charge in [-0.3, -0.25) is 10.2 Å². The van der Waals surface area contributed by atoms with E-state index in [0.29, 0.717) is 28.3 Å². The van der Waals surface area contributed by atoms with E-state index in [1.165, 1.54) is 0 Å². The van der Waals surface area contributed by atoms with Crippen LogP contribution in [-0.2, 0) is 4.79 Å². The lowest BCUT2D eigenvalue weighted by Crippen LogP contribution is -2.44. The number of Topliss-reactive ketones (excluding diaryl/α,β-unsaturated/α-hetero) is 1. The molecule has 1 N–H and O–H groups in total. The minimum atomic E-state index is -0.959. The van der Waals surface area contributed by atoms with E-state index in [1.54, 1.807) is 57.2 Å². The van der Waals surface area contributed by atoms with Crippen LogP contribution in [0.15, 0.2) is 46.9 Å². The third-order valence-electron chi connectivity index (χ3n) is 5.09. The highest BCUT2D eigenvalue weighted by Crippen LogP contribution is 2.42. The summed E-state index contributed by atoms with van der Waals surface area (Å²) in [4.78, 5) is 19.4. The van der Waals surface area contributed by atoms with Crippen LogP contribution in [0.2, 0.25) is 0 Å². The summed E-state index contributed by atoms with van der Waals surface area (Å²) in [7, 11) is 3.12. The predicted molar refractivity (Wildman–Crippen MR) is 106 cm³/mol. The summed E-state index contributed by atoms with van der Waals surface area (Å²) in [6.07, 6.45) is 0. The van der Waals surface area contributed by atoms with Crippen molar-refractivity contribution in [3.8, 4) is 11.5 Å². The van der Waals surface area contributed by atoms with Crippen molar-refractivity contribution in [3.63, 3.8) is 0 Å². The molecule has 1 saturated heterocycles. The van der Waals surface area contributed by atoms with Crippen LogP contribution in [0.5, 0.6) is 11.5 Å². The Bertz CT molecular complexity index is 1030. The van der Waals surface area contributed by atoms with Gasteiger partial charge in [0.2, 0.25) is 5.89 Å². The molecule has 0 saturated carbocycles. The van der Waals surface area contributed by atoms with Gasteiger partial charge in [-0.15, -0.1) is 0 Å². The molecule has 1 aliphatic rings. The first kappa shape index (κ1) is 18.0. The second-order valence-corrected chi connectivity index (χ2v) is 7.17. The summed E-state index contributed by atoms with van der Waals surface area (Å²) < 4.78 is 16.5. The SMILES string of the molecule is COc1cc(OC)cc(N2C(=N)C(c3nc4ccccc4o3)C(=O)C2(C)C)c1. The Kier molecular flexibility index (Phi) is 4.10. The quantitative estimate of drug-likeness (QED) is 0.742. The number of para-hydroxylation sites is 2. The summed E-state index contributed by atoms with van der Waals surface area (Å²) in [5, 5.41) is 8.78. The van der Waals surface area contributed by atoms with Gasteiger partial charge in [0.1, 0.15) is 28.4 Å². The van der Waals surface area contributed by atoms with Crippen LogP contribution < -0.4 is 14.4 Å². The number of oxazole rings is 1. The van der Waals surface area contributed by atoms with Gasteiger partial charge in [0.25, 0.3) is 0 Å². The molecule has 1 fully saturated rings. The van der Waals surface area contributed by atoms with E-state index in [-0.39, 0.29) is 17.5 Å². The van der Waals surface area contributed by atoms with Crippen LogP contribution in [0.1, 0.15) is 25.7 Å². The van der Waals surface area contributed by atoms with Gasteiger partial charge < -0.3 is 18.8 Å². The van der Waals surface area contributed by atoms with E-state index in [0.717, 1.165) is 0 Å². The highest BCUT2D eigenvalue weighted by atomic mass is 16.5. The number of nitrogens with one attached hydrogen (secondary N) is 1. The number of carbonyl (C=O) groups excluding carboxylic acids is 1. The zero-order chi connectivity index (χ0) is 20.1. The lowest BCUT2D eigenvalue weighted by Gasteiger charge is -2.31. The number of carbonyl (C=O) groups is 1. The van der Waals surface area contributed by atoms with Gasteiger partial charge >= 0.3 is 0 Å². The van der Waals surface area contributed by atoms with Gasteiger partial charge in [-0.2, -0.15) is 0 Å². The minimum absolute atomic E-state index is 0.108. The summed E-state index contributed by atoms with van der Waals surface area (Å²) in [6.45, 7) is 3.58. The lowest BCUT2D eigenvalue weighted by molar-refractivity contribution is -0.122. The Morgan fingerprint density at radius 2 is 1.75 bits per heavy atom. The average molecular weight is 379 g/mol. The number of aromatic nitrogens is 1. The van der Waals surface area contributed by atoms with E-state index in [1.807, 2.05) is 18.2 Å². The number of amidine groups is 1. The van der Waals surface area contributed by atoms with E-state index >= 15 is 0 Å². The van der Waals surface area contributed by atoms with Crippen LogP contribution in [-0.4, -0.2) is 36.4 Å². The van der Waals surface area contributed by atoms with E-state index in [2.05, 4.69) is 4.98 Å². The van der Waals surface area contributed by atoms with Crippen molar-refractivity contribution in [2.24, 2.45) is 0 Å².